The van der Waals surface area contributed by atoms with Gasteiger partial charge in [0.25, 0.3) is 5.91 Å². The van der Waals surface area contributed by atoms with Gasteiger partial charge in [0.15, 0.2) is 0 Å². The number of amides is 1. The van der Waals surface area contributed by atoms with E-state index >= 15 is 0 Å². The Morgan fingerprint density at radius 3 is 2.68 bits per heavy atom. The van der Waals surface area contributed by atoms with Gasteiger partial charge < -0.3 is 9.69 Å². The lowest BCUT2D eigenvalue weighted by Gasteiger charge is -2.37. The average molecular weight is 400 g/mol. The van der Waals surface area contributed by atoms with Crippen molar-refractivity contribution in [2.24, 2.45) is 5.92 Å². The summed E-state index contributed by atoms with van der Waals surface area (Å²) in [5.74, 6) is -0.774. The quantitative estimate of drug-likeness (QED) is 0.623. The Morgan fingerprint density at radius 1 is 1.52 bits per heavy atom. The predicted molar refractivity (Wildman–Crippen MR) is 101 cm³/mol. The fourth-order valence-electron chi connectivity index (χ4n) is 3.13. The van der Waals surface area contributed by atoms with Gasteiger partial charge in [-0.15, -0.1) is 12.6 Å². The van der Waals surface area contributed by atoms with E-state index in [9.17, 15) is 14.9 Å². The number of aldehydes is 1. The van der Waals surface area contributed by atoms with Crippen LogP contribution in [0, 0.1) is 17.2 Å². The van der Waals surface area contributed by atoms with Gasteiger partial charge in [-0.2, -0.15) is 5.26 Å². The number of likely N-dealkylation sites (tertiary alicyclic amines) is 1. The number of benzene rings is 1. The molecule has 1 aromatic carbocycles. The molecule has 25 heavy (non-hydrogen) atoms. The summed E-state index contributed by atoms with van der Waals surface area (Å²) in [6.07, 6.45) is 0.936. The number of nitriles is 1. The van der Waals surface area contributed by atoms with Gasteiger partial charge in [0.05, 0.1) is 34.1 Å². The van der Waals surface area contributed by atoms with Crippen molar-refractivity contribution in [1.82, 2.24) is 9.80 Å². The van der Waals surface area contributed by atoms with Crippen LogP contribution in [0.4, 0.5) is 0 Å². The third-order valence-electron chi connectivity index (χ3n) is 4.81. The van der Waals surface area contributed by atoms with Crippen molar-refractivity contribution in [3.05, 3.63) is 33.8 Å². The second-order valence-corrected chi connectivity index (χ2v) is 7.83. The number of nitrogens with zero attached hydrogens (tertiary/aromatic N) is 3. The Kier molecular flexibility index (Phi) is 6.05. The lowest BCUT2D eigenvalue weighted by atomic mass is 9.94. The summed E-state index contributed by atoms with van der Waals surface area (Å²) in [5.41, 5.74) is 0.790. The molecule has 0 aromatic heterocycles. The molecule has 0 N–H and O–H groups in total. The largest absolute Gasteiger partial charge is 0.334 e. The van der Waals surface area contributed by atoms with Gasteiger partial charge in [-0.3, -0.25) is 9.69 Å². The summed E-state index contributed by atoms with van der Waals surface area (Å²) in [6, 6.07) is 6.50. The molecule has 0 spiro atoms. The molecule has 2 rings (SSSR count). The van der Waals surface area contributed by atoms with Gasteiger partial charge in [0.2, 0.25) is 0 Å². The van der Waals surface area contributed by atoms with Crippen molar-refractivity contribution in [2.75, 3.05) is 14.1 Å². The number of carbonyl (C=O) groups excluding carboxylic acids is 2. The molecule has 5 nitrogen and oxygen atoms in total. The van der Waals surface area contributed by atoms with Gasteiger partial charge >= 0.3 is 0 Å². The van der Waals surface area contributed by atoms with Crippen molar-refractivity contribution in [3.63, 3.8) is 0 Å². The highest BCUT2D eigenvalue weighted by Gasteiger charge is 2.54. The van der Waals surface area contributed by atoms with Gasteiger partial charge in [0.1, 0.15) is 11.2 Å². The summed E-state index contributed by atoms with van der Waals surface area (Å²) in [4.78, 5) is 25.9. The van der Waals surface area contributed by atoms with Gasteiger partial charge in [-0.1, -0.05) is 29.3 Å². The fourth-order valence-corrected chi connectivity index (χ4v) is 3.91. The van der Waals surface area contributed by atoms with Crippen LogP contribution in [0.15, 0.2) is 18.2 Å². The van der Waals surface area contributed by atoms with Gasteiger partial charge in [-0.05, 0) is 31.7 Å². The van der Waals surface area contributed by atoms with Gasteiger partial charge in [0, 0.05) is 13.5 Å². The average Bonchev–Trinajstić information content (AvgIpc) is 2.87. The number of rotatable bonds is 4. The van der Waals surface area contributed by atoms with Crippen LogP contribution in [0.1, 0.15) is 24.9 Å². The standard InChI is InChI=1S/C17H19Cl2N3O2S/c1-10(9-23)21(2)16(24)17(25)7-12(8-20)15(22(17)3)11-4-5-13(18)14(19)6-11/h4-6,9-10,12,15,25H,7H2,1-3H3. The van der Waals surface area contributed by atoms with Crippen LogP contribution < -0.4 is 0 Å². The molecular weight excluding hydrogens is 381 g/mol. The van der Waals surface area contributed by atoms with Crippen LogP contribution in [0.2, 0.25) is 10.0 Å². The molecule has 134 valence electrons. The van der Waals surface area contributed by atoms with E-state index in [0.717, 1.165) is 5.56 Å². The second-order valence-electron chi connectivity index (χ2n) is 6.28. The molecule has 1 amide bonds. The summed E-state index contributed by atoms with van der Waals surface area (Å²) >= 11 is 16.7. The first-order chi connectivity index (χ1) is 11.7. The van der Waals surface area contributed by atoms with Crippen molar-refractivity contribution in [2.45, 2.75) is 30.3 Å². The molecule has 1 saturated heterocycles. The fraction of sp³-hybridized carbons (Fsp3) is 0.471. The molecule has 0 radical (unpaired) electrons. The van der Waals surface area contributed by atoms with Crippen molar-refractivity contribution >= 4 is 48.0 Å². The highest BCUT2D eigenvalue weighted by Crippen LogP contribution is 2.48. The Balaban J connectivity index is 2.41. The predicted octanol–water partition coefficient (Wildman–Crippen LogP) is 3.18. The molecule has 4 unspecified atom stereocenters. The maximum absolute atomic E-state index is 12.9. The molecule has 4 atom stereocenters. The van der Waals surface area contributed by atoms with E-state index in [0.29, 0.717) is 16.3 Å². The maximum Gasteiger partial charge on any atom is 0.253 e. The molecule has 8 heteroatoms. The van der Waals surface area contributed by atoms with Gasteiger partial charge in [-0.25, -0.2) is 0 Å². The van der Waals surface area contributed by atoms with Crippen LogP contribution in [0.3, 0.4) is 0 Å². The van der Waals surface area contributed by atoms with E-state index in [4.69, 9.17) is 23.2 Å². The number of hydrogen-bond donors (Lipinski definition) is 1. The zero-order valence-electron chi connectivity index (χ0n) is 14.1. The highest BCUT2D eigenvalue weighted by molar-refractivity contribution is 7.82. The number of likely N-dealkylation sites (N-methyl/N-ethyl adjacent to an activating group) is 2. The molecule has 1 aliphatic heterocycles. The number of hydrogen-bond acceptors (Lipinski definition) is 5. The molecule has 1 aliphatic rings. The van der Waals surface area contributed by atoms with Crippen LogP contribution in [-0.2, 0) is 9.59 Å². The van der Waals surface area contributed by atoms with Crippen molar-refractivity contribution in [3.8, 4) is 6.07 Å². The first-order valence-corrected chi connectivity index (χ1v) is 8.90. The normalized spacial score (nSPS) is 27.6. The summed E-state index contributed by atoms with van der Waals surface area (Å²) in [6.45, 7) is 1.63. The summed E-state index contributed by atoms with van der Waals surface area (Å²) in [7, 11) is 3.30. The Bertz CT molecular complexity index is 739. The molecular formula is C17H19Cl2N3O2S. The maximum atomic E-state index is 12.9. The molecule has 1 heterocycles. The van der Waals surface area contributed by atoms with E-state index in [2.05, 4.69) is 18.7 Å². The number of thiol groups is 1. The topological polar surface area (TPSA) is 64.4 Å². The second kappa shape index (κ2) is 7.55. The first-order valence-electron chi connectivity index (χ1n) is 7.69. The van der Waals surface area contributed by atoms with E-state index in [1.807, 2.05) is 0 Å². The van der Waals surface area contributed by atoms with Crippen molar-refractivity contribution < 1.29 is 9.59 Å². The summed E-state index contributed by atoms with van der Waals surface area (Å²) in [5, 5.41) is 10.4. The smallest absolute Gasteiger partial charge is 0.253 e. The number of carbonyl (C=O) groups is 2. The molecule has 0 saturated carbocycles. The SMILES string of the molecule is CC(C=O)N(C)C(=O)C1(S)CC(C#N)C(c2ccc(Cl)c(Cl)c2)N1C. The molecule has 1 fully saturated rings. The van der Waals surface area contributed by atoms with E-state index in [1.54, 1.807) is 44.1 Å². The summed E-state index contributed by atoms with van der Waals surface area (Å²) < 4.78 is 0. The molecule has 1 aromatic rings. The number of halogens is 2. The van der Waals surface area contributed by atoms with E-state index < -0.39 is 16.8 Å². The van der Waals surface area contributed by atoms with Crippen LogP contribution in [0.5, 0.6) is 0 Å². The Morgan fingerprint density at radius 2 is 2.16 bits per heavy atom. The zero-order chi connectivity index (χ0) is 18.9. The van der Waals surface area contributed by atoms with Crippen LogP contribution in [-0.4, -0.2) is 47.0 Å². The monoisotopic (exact) mass is 399 g/mol. The zero-order valence-corrected chi connectivity index (χ0v) is 16.5. The van der Waals surface area contributed by atoms with Crippen LogP contribution >= 0.6 is 35.8 Å². The lowest BCUT2D eigenvalue weighted by Crippen LogP contribution is -2.53. The Labute approximate surface area is 162 Å². The van der Waals surface area contributed by atoms with Crippen molar-refractivity contribution in [1.29, 1.82) is 5.26 Å². The van der Waals surface area contributed by atoms with E-state index in [1.165, 1.54) is 4.90 Å². The third-order valence-corrected chi connectivity index (χ3v) is 6.24. The van der Waals surface area contributed by atoms with Crippen LogP contribution in [0.25, 0.3) is 0 Å². The highest BCUT2D eigenvalue weighted by atomic mass is 35.5. The van der Waals surface area contributed by atoms with E-state index in [-0.39, 0.29) is 18.4 Å². The Hall–Kier alpha value is -1.26. The minimum atomic E-state index is -1.19. The first kappa shape index (κ1) is 20.1. The lowest BCUT2D eigenvalue weighted by molar-refractivity contribution is -0.140. The third kappa shape index (κ3) is 3.52. The minimum absolute atomic E-state index is 0.239. The minimum Gasteiger partial charge on any atom is -0.334 e. The molecule has 0 bridgehead atoms. The molecule has 0 aliphatic carbocycles.